The molecular formula is C4H13NO2P2. The van der Waals surface area contributed by atoms with Crippen molar-refractivity contribution in [2.75, 3.05) is 6.61 Å². The summed E-state index contributed by atoms with van der Waals surface area (Å²) in [6.45, 7) is 1.96. The molecule has 0 radical (unpaired) electrons. The van der Waals surface area contributed by atoms with Crippen molar-refractivity contribution in [3.05, 3.63) is 0 Å². The molecule has 0 aromatic carbocycles. The fraction of sp³-hybridized carbons (Fsp3) is 1.00. The molecule has 0 rings (SSSR count). The van der Waals surface area contributed by atoms with Gasteiger partial charge in [-0.15, -0.1) is 0 Å². The molecule has 5 heteroatoms. The van der Waals surface area contributed by atoms with E-state index in [1.807, 2.05) is 6.92 Å². The van der Waals surface area contributed by atoms with Gasteiger partial charge in [0.15, 0.2) is 0 Å². The summed E-state index contributed by atoms with van der Waals surface area (Å²) >= 11 is 0. The molecular weight excluding hydrogens is 156 g/mol. The van der Waals surface area contributed by atoms with Crippen LogP contribution in [0.4, 0.5) is 0 Å². The minimum atomic E-state index is -0.00694. The van der Waals surface area contributed by atoms with Crippen molar-refractivity contribution in [2.24, 2.45) is 0 Å². The van der Waals surface area contributed by atoms with Crippen molar-refractivity contribution in [3.8, 4) is 0 Å². The van der Waals surface area contributed by atoms with E-state index < -0.39 is 0 Å². The molecule has 0 spiro atoms. The highest BCUT2D eigenvalue weighted by molar-refractivity contribution is 7.13. The fourth-order valence-corrected chi connectivity index (χ4v) is 0.998. The zero-order chi connectivity index (χ0) is 7.28. The predicted molar refractivity (Wildman–Crippen MR) is 44.0 cm³/mol. The lowest BCUT2D eigenvalue weighted by Crippen LogP contribution is -2.36. The molecule has 4 atom stereocenters. The average molecular weight is 169 g/mol. The molecule has 0 aromatic heterocycles. The molecule has 3 nitrogen and oxygen atoms in total. The largest absolute Gasteiger partial charge is 0.395 e. The molecule has 0 fully saturated rings. The van der Waals surface area contributed by atoms with Crippen LogP contribution in [0.15, 0.2) is 0 Å². The third kappa shape index (κ3) is 3.44. The molecule has 0 heterocycles. The van der Waals surface area contributed by atoms with Crippen molar-refractivity contribution < 1.29 is 9.63 Å². The Morgan fingerprint density at radius 3 is 2.44 bits per heavy atom. The summed E-state index contributed by atoms with van der Waals surface area (Å²) in [5.74, 6) is 0. The average Bonchev–Trinajstić information content (AvgIpc) is 1.90. The van der Waals surface area contributed by atoms with E-state index in [0.29, 0.717) is 0 Å². The summed E-state index contributed by atoms with van der Waals surface area (Å²) in [4.78, 5) is 0. The van der Waals surface area contributed by atoms with Gasteiger partial charge in [0.25, 0.3) is 0 Å². The third-order valence-corrected chi connectivity index (χ3v) is 2.05. The van der Waals surface area contributed by atoms with Gasteiger partial charge in [0.05, 0.1) is 18.8 Å². The van der Waals surface area contributed by atoms with Crippen molar-refractivity contribution in [1.82, 2.24) is 5.09 Å². The van der Waals surface area contributed by atoms with E-state index >= 15 is 0 Å². The second kappa shape index (κ2) is 5.52. The number of hydrogen-bond donors (Lipinski definition) is 2. The summed E-state index contributed by atoms with van der Waals surface area (Å²) in [7, 11) is 4.50. The van der Waals surface area contributed by atoms with Gasteiger partial charge >= 0.3 is 0 Å². The van der Waals surface area contributed by atoms with E-state index in [1.165, 1.54) is 0 Å². The standard InChI is InChI=1S/C4H13NO2P2/c1-3(7-9)4(2-6)5-8/h3-6H,2,8-9H2,1H3/t3-,4-/m1/s1. The van der Waals surface area contributed by atoms with Crippen molar-refractivity contribution >= 4 is 18.9 Å². The van der Waals surface area contributed by atoms with Crippen molar-refractivity contribution in [1.29, 1.82) is 0 Å². The van der Waals surface area contributed by atoms with Crippen LogP contribution in [0.5, 0.6) is 0 Å². The van der Waals surface area contributed by atoms with Crippen LogP contribution in [-0.4, -0.2) is 23.9 Å². The zero-order valence-corrected chi connectivity index (χ0v) is 7.68. The first kappa shape index (κ1) is 9.74. The number of aliphatic hydroxyl groups excluding tert-OH is 1. The van der Waals surface area contributed by atoms with Gasteiger partial charge in [-0.3, -0.25) is 5.09 Å². The van der Waals surface area contributed by atoms with Gasteiger partial charge < -0.3 is 9.63 Å². The Morgan fingerprint density at radius 1 is 1.78 bits per heavy atom. The maximum absolute atomic E-state index is 8.66. The van der Waals surface area contributed by atoms with E-state index in [9.17, 15) is 0 Å². The lowest BCUT2D eigenvalue weighted by molar-refractivity contribution is 0.154. The molecule has 0 saturated heterocycles. The molecule has 2 unspecified atom stereocenters. The Morgan fingerprint density at radius 2 is 2.33 bits per heavy atom. The van der Waals surface area contributed by atoms with Crippen LogP contribution in [0.1, 0.15) is 6.92 Å². The maximum atomic E-state index is 8.66. The van der Waals surface area contributed by atoms with Crippen LogP contribution in [0.2, 0.25) is 0 Å². The third-order valence-electron chi connectivity index (χ3n) is 1.19. The molecule has 0 saturated carbocycles. The second-order valence-corrected chi connectivity index (χ2v) is 2.40. The highest BCUT2D eigenvalue weighted by atomic mass is 31.0. The molecule has 0 aliphatic heterocycles. The Labute approximate surface area is 60.1 Å². The number of nitrogens with one attached hydrogen (secondary N) is 1. The highest BCUT2D eigenvalue weighted by Gasteiger charge is 2.12. The molecule has 0 aliphatic carbocycles. The topological polar surface area (TPSA) is 41.5 Å². The van der Waals surface area contributed by atoms with Gasteiger partial charge in [0, 0.05) is 9.47 Å². The summed E-state index contributed by atoms with van der Waals surface area (Å²) in [6, 6.07) is -0.00694. The van der Waals surface area contributed by atoms with E-state index in [4.69, 9.17) is 9.63 Å². The monoisotopic (exact) mass is 169 g/mol. The van der Waals surface area contributed by atoms with Crippen LogP contribution in [0, 0.1) is 0 Å². The molecule has 0 amide bonds. The van der Waals surface area contributed by atoms with Crippen LogP contribution in [0.3, 0.4) is 0 Å². The van der Waals surface area contributed by atoms with Crippen LogP contribution < -0.4 is 5.09 Å². The van der Waals surface area contributed by atoms with Gasteiger partial charge in [0.1, 0.15) is 0 Å². The SMILES string of the molecule is C[C@@H](OP)[C@@H](CO)NP. The van der Waals surface area contributed by atoms with Crippen molar-refractivity contribution in [2.45, 2.75) is 19.1 Å². The number of aliphatic hydroxyl groups is 1. The summed E-state index contributed by atoms with van der Waals surface area (Å²) in [5, 5.41) is 11.5. The molecule has 56 valence electrons. The first-order valence-electron chi connectivity index (χ1n) is 2.68. The Hall–Kier alpha value is 0.740. The van der Waals surface area contributed by atoms with E-state index in [0.717, 1.165) is 0 Å². The normalized spacial score (nSPS) is 17.3. The fourth-order valence-electron chi connectivity index (χ4n) is 0.431. The van der Waals surface area contributed by atoms with Gasteiger partial charge in [-0.1, -0.05) is 9.39 Å². The molecule has 9 heavy (non-hydrogen) atoms. The Kier molecular flexibility index (Phi) is 5.97. The van der Waals surface area contributed by atoms with Gasteiger partial charge in [0.2, 0.25) is 0 Å². The number of rotatable bonds is 4. The molecule has 2 N–H and O–H groups in total. The lowest BCUT2D eigenvalue weighted by atomic mass is 10.2. The minimum absolute atomic E-state index is 0.00694. The predicted octanol–water partition coefficient (Wildman–Crippen LogP) is -0.0778. The molecule has 0 aromatic rings. The Balaban J connectivity index is 3.50. The molecule has 0 bridgehead atoms. The quantitative estimate of drug-likeness (QED) is 0.578. The lowest BCUT2D eigenvalue weighted by Gasteiger charge is -2.18. The summed E-state index contributed by atoms with van der Waals surface area (Å²) < 4.78 is 4.87. The Bertz CT molecular complexity index is 69.6. The van der Waals surface area contributed by atoms with E-state index in [2.05, 4.69) is 23.9 Å². The summed E-state index contributed by atoms with van der Waals surface area (Å²) in [5.41, 5.74) is 0. The van der Waals surface area contributed by atoms with Crippen LogP contribution >= 0.6 is 18.9 Å². The first-order chi connectivity index (χ1) is 4.26. The van der Waals surface area contributed by atoms with Crippen molar-refractivity contribution in [3.63, 3.8) is 0 Å². The highest BCUT2D eigenvalue weighted by Crippen LogP contribution is 2.03. The van der Waals surface area contributed by atoms with Crippen LogP contribution in [0.25, 0.3) is 0 Å². The van der Waals surface area contributed by atoms with Crippen LogP contribution in [-0.2, 0) is 4.52 Å². The smallest absolute Gasteiger partial charge is 0.0760 e. The summed E-state index contributed by atoms with van der Waals surface area (Å²) in [6.07, 6.45) is 0.0116. The van der Waals surface area contributed by atoms with Gasteiger partial charge in [-0.2, -0.15) is 0 Å². The van der Waals surface area contributed by atoms with Gasteiger partial charge in [-0.05, 0) is 6.92 Å². The second-order valence-electron chi connectivity index (χ2n) is 1.80. The zero-order valence-electron chi connectivity index (χ0n) is 5.37. The first-order valence-corrected chi connectivity index (χ1v) is 3.73. The van der Waals surface area contributed by atoms with Gasteiger partial charge in [-0.25, -0.2) is 0 Å². The molecule has 0 aliphatic rings. The minimum Gasteiger partial charge on any atom is -0.395 e. The van der Waals surface area contributed by atoms with E-state index in [1.54, 1.807) is 0 Å². The maximum Gasteiger partial charge on any atom is 0.0760 e. The van der Waals surface area contributed by atoms with E-state index in [-0.39, 0.29) is 18.8 Å². The number of hydrogen-bond acceptors (Lipinski definition) is 3.